The Morgan fingerprint density at radius 2 is 2.05 bits per heavy atom. The molecule has 1 aliphatic heterocycles. The topological polar surface area (TPSA) is 50.2 Å². The van der Waals surface area contributed by atoms with Crippen molar-refractivity contribution in [2.45, 2.75) is 45.6 Å². The van der Waals surface area contributed by atoms with E-state index < -0.39 is 0 Å². The minimum atomic E-state index is -0.201. The second kappa shape index (κ2) is 8.39. The number of halogens is 1. The second-order valence-corrected chi connectivity index (χ2v) is 5.96. The summed E-state index contributed by atoms with van der Waals surface area (Å²) in [4.78, 5) is 14.5. The van der Waals surface area contributed by atoms with Crippen molar-refractivity contribution in [3.8, 4) is 0 Å². The standard InChI is InChI=1S/C15H25ClN4O/c1-2-3-10-20-15(21)14(16)13(12-18-20)17-7-11-19-8-5-4-6-9-19/h12,17H,2-11H2,1H3. The smallest absolute Gasteiger partial charge is 0.287 e. The lowest BCUT2D eigenvalue weighted by Crippen LogP contribution is -2.34. The van der Waals surface area contributed by atoms with E-state index in [0.717, 1.165) is 25.9 Å². The van der Waals surface area contributed by atoms with Gasteiger partial charge in [0.1, 0.15) is 5.02 Å². The van der Waals surface area contributed by atoms with E-state index in [0.29, 0.717) is 12.2 Å². The van der Waals surface area contributed by atoms with Gasteiger partial charge in [-0.25, -0.2) is 4.68 Å². The summed E-state index contributed by atoms with van der Waals surface area (Å²) in [5, 5.41) is 7.67. The molecule has 0 bridgehead atoms. The molecule has 0 aromatic carbocycles. The quantitative estimate of drug-likeness (QED) is 0.841. The minimum Gasteiger partial charge on any atom is -0.381 e. The van der Waals surface area contributed by atoms with Gasteiger partial charge in [0.05, 0.1) is 11.9 Å². The van der Waals surface area contributed by atoms with Crippen molar-refractivity contribution in [3.63, 3.8) is 0 Å². The summed E-state index contributed by atoms with van der Waals surface area (Å²) in [6.45, 7) is 6.83. The minimum absolute atomic E-state index is 0.201. The average Bonchev–Trinajstić information content (AvgIpc) is 2.52. The van der Waals surface area contributed by atoms with Gasteiger partial charge in [0.2, 0.25) is 0 Å². The molecule has 0 saturated carbocycles. The number of hydrogen-bond donors (Lipinski definition) is 1. The van der Waals surface area contributed by atoms with E-state index in [-0.39, 0.29) is 10.6 Å². The number of aromatic nitrogens is 2. The first kappa shape index (κ1) is 16.3. The zero-order valence-electron chi connectivity index (χ0n) is 12.8. The first-order valence-corrected chi connectivity index (χ1v) is 8.32. The molecule has 0 radical (unpaired) electrons. The summed E-state index contributed by atoms with van der Waals surface area (Å²) in [5.74, 6) is 0. The third-order valence-corrected chi connectivity index (χ3v) is 4.27. The maximum absolute atomic E-state index is 12.1. The molecular formula is C15H25ClN4O. The molecule has 21 heavy (non-hydrogen) atoms. The number of anilines is 1. The predicted octanol–water partition coefficient (Wildman–Crippen LogP) is 2.59. The van der Waals surface area contributed by atoms with Crippen molar-refractivity contribution in [3.05, 3.63) is 21.6 Å². The molecular weight excluding hydrogens is 288 g/mol. The molecule has 0 unspecified atom stereocenters. The zero-order chi connectivity index (χ0) is 15.1. The Labute approximate surface area is 131 Å². The van der Waals surface area contributed by atoms with E-state index in [4.69, 9.17) is 11.6 Å². The van der Waals surface area contributed by atoms with Gasteiger partial charge in [-0.3, -0.25) is 4.79 Å². The highest BCUT2D eigenvalue weighted by atomic mass is 35.5. The Kier molecular flexibility index (Phi) is 6.51. The van der Waals surface area contributed by atoms with Crippen LogP contribution in [0.5, 0.6) is 0 Å². The lowest BCUT2D eigenvalue weighted by atomic mass is 10.1. The SMILES string of the molecule is CCCCn1ncc(NCCN2CCCCC2)c(Cl)c1=O. The van der Waals surface area contributed by atoms with Crippen molar-refractivity contribution in [2.75, 3.05) is 31.5 Å². The van der Waals surface area contributed by atoms with Crippen LogP contribution in [0.4, 0.5) is 5.69 Å². The Morgan fingerprint density at radius 1 is 1.29 bits per heavy atom. The van der Waals surface area contributed by atoms with Crippen LogP contribution in [-0.4, -0.2) is 40.9 Å². The molecule has 6 heteroatoms. The number of aryl methyl sites for hydroxylation is 1. The lowest BCUT2D eigenvalue weighted by molar-refractivity contribution is 0.237. The van der Waals surface area contributed by atoms with Gasteiger partial charge in [-0.15, -0.1) is 0 Å². The van der Waals surface area contributed by atoms with Crippen molar-refractivity contribution >= 4 is 17.3 Å². The molecule has 1 aromatic rings. The van der Waals surface area contributed by atoms with Crippen LogP contribution >= 0.6 is 11.6 Å². The summed E-state index contributed by atoms with van der Waals surface area (Å²) < 4.78 is 1.45. The van der Waals surface area contributed by atoms with Crippen molar-refractivity contribution in [1.29, 1.82) is 0 Å². The highest BCUT2D eigenvalue weighted by Gasteiger charge is 2.11. The third kappa shape index (κ3) is 4.71. The number of rotatable bonds is 7. The maximum atomic E-state index is 12.1. The van der Waals surface area contributed by atoms with Crippen LogP contribution in [0.15, 0.2) is 11.0 Å². The molecule has 1 aliphatic rings. The maximum Gasteiger partial charge on any atom is 0.287 e. The molecule has 5 nitrogen and oxygen atoms in total. The van der Waals surface area contributed by atoms with Crippen LogP contribution in [0.25, 0.3) is 0 Å². The van der Waals surface area contributed by atoms with Crippen molar-refractivity contribution in [1.82, 2.24) is 14.7 Å². The normalized spacial score (nSPS) is 16.1. The van der Waals surface area contributed by atoms with Gasteiger partial charge in [-0.1, -0.05) is 31.4 Å². The van der Waals surface area contributed by atoms with Crippen LogP contribution in [0.3, 0.4) is 0 Å². The molecule has 0 atom stereocenters. The molecule has 118 valence electrons. The summed E-state index contributed by atoms with van der Waals surface area (Å²) in [6.07, 6.45) is 7.55. The number of likely N-dealkylation sites (tertiary alicyclic amines) is 1. The summed E-state index contributed by atoms with van der Waals surface area (Å²) >= 11 is 6.15. The summed E-state index contributed by atoms with van der Waals surface area (Å²) in [7, 11) is 0. The predicted molar refractivity (Wildman–Crippen MR) is 87.2 cm³/mol. The number of piperidine rings is 1. The monoisotopic (exact) mass is 312 g/mol. The van der Waals surface area contributed by atoms with Crippen LogP contribution in [0.2, 0.25) is 5.02 Å². The fraction of sp³-hybridized carbons (Fsp3) is 0.733. The number of unbranched alkanes of at least 4 members (excludes halogenated alkanes) is 1. The van der Waals surface area contributed by atoms with E-state index in [1.54, 1.807) is 6.20 Å². The molecule has 0 spiro atoms. The van der Waals surface area contributed by atoms with Gasteiger partial charge in [0.25, 0.3) is 5.56 Å². The van der Waals surface area contributed by atoms with Crippen LogP contribution in [-0.2, 0) is 6.54 Å². The van der Waals surface area contributed by atoms with E-state index in [1.807, 2.05) is 0 Å². The Hall–Kier alpha value is -1.07. The molecule has 0 amide bonds. The van der Waals surface area contributed by atoms with E-state index in [1.165, 1.54) is 37.0 Å². The molecule has 0 aliphatic carbocycles. The number of hydrogen-bond acceptors (Lipinski definition) is 4. The molecule has 1 saturated heterocycles. The lowest BCUT2D eigenvalue weighted by Gasteiger charge is -2.26. The number of nitrogens with one attached hydrogen (secondary N) is 1. The van der Waals surface area contributed by atoms with Gasteiger partial charge in [0.15, 0.2) is 0 Å². The first-order valence-electron chi connectivity index (χ1n) is 7.94. The largest absolute Gasteiger partial charge is 0.381 e. The van der Waals surface area contributed by atoms with Gasteiger partial charge in [-0.05, 0) is 32.4 Å². The van der Waals surface area contributed by atoms with Gasteiger partial charge < -0.3 is 10.2 Å². The summed E-state index contributed by atoms with van der Waals surface area (Å²) in [5.41, 5.74) is 0.444. The van der Waals surface area contributed by atoms with E-state index >= 15 is 0 Å². The van der Waals surface area contributed by atoms with Gasteiger partial charge >= 0.3 is 0 Å². The Morgan fingerprint density at radius 3 is 2.76 bits per heavy atom. The van der Waals surface area contributed by atoms with Crippen molar-refractivity contribution in [2.24, 2.45) is 0 Å². The molecule has 2 heterocycles. The molecule has 1 aromatic heterocycles. The molecule has 1 fully saturated rings. The highest BCUT2D eigenvalue weighted by Crippen LogP contribution is 2.15. The fourth-order valence-electron chi connectivity index (χ4n) is 2.59. The third-order valence-electron chi connectivity index (χ3n) is 3.90. The highest BCUT2D eigenvalue weighted by molar-refractivity contribution is 6.32. The van der Waals surface area contributed by atoms with Crippen LogP contribution < -0.4 is 10.9 Å². The Balaban J connectivity index is 1.88. The van der Waals surface area contributed by atoms with Gasteiger partial charge in [0, 0.05) is 19.6 Å². The fourth-order valence-corrected chi connectivity index (χ4v) is 2.80. The van der Waals surface area contributed by atoms with E-state index in [9.17, 15) is 4.79 Å². The van der Waals surface area contributed by atoms with Crippen molar-refractivity contribution < 1.29 is 0 Å². The van der Waals surface area contributed by atoms with Gasteiger partial charge in [-0.2, -0.15) is 5.10 Å². The zero-order valence-corrected chi connectivity index (χ0v) is 13.5. The van der Waals surface area contributed by atoms with Crippen LogP contribution in [0, 0.1) is 0 Å². The number of nitrogens with zero attached hydrogens (tertiary/aromatic N) is 3. The first-order chi connectivity index (χ1) is 10.2. The van der Waals surface area contributed by atoms with E-state index in [2.05, 4.69) is 22.2 Å². The second-order valence-electron chi connectivity index (χ2n) is 5.58. The summed E-state index contributed by atoms with van der Waals surface area (Å²) in [6, 6.07) is 0. The average molecular weight is 313 g/mol. The molecule has 2 rings (SSSR count). The van der Waals surface area contributed by atoms with Crippen LogP contribution in [0.1, 0.15) is 39.0 Å². The molecule has 1 N–H and O–H groups in total. The Bertz CT molecular complexity index is 497.